The summed E-state index contributed by atoms with van der Waals surface area (Å²) in [5.74, 6) is 0.235. The summed E-state index contributed by atoms with van der Waals surface area (Å²) in [5, 5.41) is 11.6. The average Bonchev–Trinajstić information content (AvgIpc) is 3.45. The SMILES string of the molecule is CCn1cc(-c2ccc3cc(Cn4c(CC(CN)=C(F)F)n[nH]c4=O)sc3c2)cn1. The number of nitrogens with zero attached hydrogens (tertiary/aromatic N) is 4. The van der Waals surface area contributed by atoms with Crippen LogP contribution < -0.4 is 11.4 Å². The number of thiophene rings is 1. The number of aromatic nitrogens is 5. The molecule has 1 aromatic carbocycles. The van der Waals surface area contributed by atoms with E-state index in [1.807, 2.05) is 42.2 Å². The van der Waals surface area contributed by atoms with Crippen molar-refractivity contribution in [2.24, 2.45) is 5.73 Å². The van der Waals surface area contributed by atoms with Gasteiger partial charge in [-0.25, -0.2) is 9.89 Å². The molecule has 0 radical (unpaired) electrons. The van der Waals surface area contributed by atoms with Crippen LogP contribution in [0.3, 0.4) is 0 Å². The second kappa shape index (κ2) is 8.33. The summed E-state index contributed by atoms with van der Waals surface area (Å²) in [6.07, 6.45) is 1.83. The van der Waals surface area contributed by atoms with Crippen molar-refractivity contribution < 1.29 is 8.78 Å². The topological polar surface area (TPSA) is 94.5 Å². The van der Waals surface area contributed by atoms with Crippen LogP contribution in [0.1, 0.15) is 17.6 Å². The van der Waals surface area contributed by atoms with Crippen LogP contribution in [-0.2, 0) is 19.5 Å². The fourth-order valence-electron chi connectivity index (χ4n) is 3.24. The lowest BCUT2D eigenvalue weighted by Gasteiger charge is -2.05. The van der Waals surface area contributed by atoms with Gasteiger partial charge in [0.25, 0.3) is 6.08 Å². The van der Waals surface area contributed by atoms with E-state index in [4.69, 9.17) is 5.73 Å². The summed E-state index contributed by atoms with van der Waals surface area (Å²) in [7, 11) is 0. The van der Waals surface area contributed by atoms with Crippen molar-refractivity contribution in [3.63, 3.8) is 0 Å². The van der Waals surface area contributed by atoms with E-state index >= 15 is 0 Å². The van der Waals surface area contributed by atoms with E-state index in [1.165, 1.54) is 4.57 Å². The molecule has 0 atom stereocenters. The van der Waals surface area contributed by atoms with Gasteiger partial charge < -0.3 is 5.73 Å². The molecule has 10 heteroatoms. The summed E-state index contributed by atoms with van der Waals surface area (Å²) in [4.78, 5) is 13.1. The minimum atomic E-state index is -1.83. The number of hydrogen-bond donors (Lipinski definition) is 2. The Kier molecular flexibility index (Phi) is 5.60. The molecule has 0 aliphatic rings. The highest BCUT2D eigenvalue weighted by Crippen LogP contribution is 2.31. The molecular formula is C20H20F2N6OS. The molecule has 0 unspecified atom stereocenters. The number of nitrogens with two attached hydrogens (primary N) is 1. The van der Waals surface area contributed by atoms with Crippen LogP contribution in [0.5, 0.6) is 0 Å². The van der Waals surface area contributed by atoms with Crippen molar-refractivity contribution in [1.82, 2.24) is 24.5 Å². The molecule has 0 spiro atoms. The number of rotatable bonds is 7. The van der Waals surface area contributed by atoms with Crippen molar-refractivity contribution >= 4 is 21.4 Å². The van der Waals surface area contributed by atoms with Gasteiger partial charge in [0, 0.05) is 46.4 Å². The zero-order valence-electron chi connectivity index (χ0n) is 16.2. The fraction of sp³-hybridized carbons (Fsp3) is 0.250. The van der Waals surface area contributed by atoms with Gasteiger partial charge >= 0.3 is 5.69 Å². The molecule has 0 fully saturated rings. The third-order valence-corrected chi connectivity index (χ3v) is 5.98. The molecule has 0 aliphatic heterocycles. The molecule has 3 heterocycles. The Morgan fingerprint density at radius 1 is 1.27 bits per heavy atom. The number of nitrogens with one attached hydrogen (secondary N) is 1. The number of fused-ring (bicyclic) bond motifs is 1. The van der Waals surface area contributed by atoms with E-state index in [0.717, 1.165) is 32.6 Å². The second-order valence-corrected chi connectivity index (χ2v) is 7.99. The van der Waals surface area contributed by atoms with Gasteiger partial charge in [-0.2, -0.15) is 19.0 Å². The van der Waals surface area contributed by atoms with E-state index in [9.17, 15) is 13.6 Å². The zero-order chi connectivity index (χ0) is 21.3. The van der Waals surface area contributed by atoms with Crippen molar-refractivity contribution in [3.05, 3.63) is 69.5 Å². The van der Waals surface area contributed by atoms with E-state index in [-0.39, 0.29) is 30.9 Å². The monoisotopic (exact) mass is 430 g/mol. The molecular weight excluding hydrogens is 410 g/mol. The van der Waals surface area contributed by atoms with E-state index in [1.54, 1.807) is 11.3 Å². The highest BCUT2D eigenvalue weighted by molar-refractivity contribution is 7.19. The van der Waals surface area contributed by atoms with Crippen LogP contribution in [0, 0.1) is 0 Å². The molecule has 0 saturated heterocycles. The third-order valence-electron chi connectivity index (χ3n) is 4.90. The van der Waals surface area contributed by atoms with E-state index < -0.39 is 11.8 Å². The van der Waals surface area contributed by atoms with E-state index in [2.05, 4.69) is 21.4 Å². The van der Waals surface area contributed by atoms with Crippen LogP contribution >= 0.6 is 11.3 Å². The fourth-order valence-corrected chi connectivity index (χ4v) is 4.33. The number of aromatic amines is 1. The maximum Gasteiger partial charge on any atom is 0.343 e. The van der Waals surface area contributed by atoms with Gasteiger partial charge in [-0.15, -0.1) is 11.3 Å². The summed E-state index contributed by atoms with van der Waals surface area (Å²) >= 11 is 1.55. The number of hydrogen-bond acceptors (Lipinski definition) is 5. The first-order valence-corrected chi connectivity index (χ1v) is 10.2. The largest absolute Gasteiger partial charge is 0.343 e. The lowest BCUT2D eigenvalue weighted by Crippen LogP contribution is -2.20. The van der Waals surface area contributed by atoms with Crippen molar-refractivity contribution in [2.45, 2.75) is 26.4 Å². The molecule has 4 aromatic rings. The number of halogens is 2. The Bertz CT molecular complexity index is 1280. The Labute approximate surface area is 174 Å². The maximum absolute atomic E-state index is 13.0. The van der Waals surface area contributed by atoms with Crippen LogP contribution in [0.25, 0.3) is 21.2 Å². The Balaban J connectivity index is 1.63. The molecule has 3 aromatic heterocycles. The van der Waals surface area contributed by atoms with Crippen LogP contribution in [-0.4, -0.2) is 31.1 Å². The Morgan fingerprint density at radius 3 is 2.80 bits per heavy atom. The lowest BCUT2D eigenvalue weighted by molar-refractivity contribution is 0.407. The molecule has 30 heavy (non-hydrogen) atoms. The maximum atomic E-state index is 13.0. The molecule has 3 N–H and O–H groups in total. The molecule has 156 valence electrons. The lowest BCUT2D eigenvalue weighted by atomic mass is 10.1. The van der Waals surface area contributed by atoms with Crippen molar-refractivity contribution in [2.75, 3.05) is 6.54 Å². The summed E-state index contributed by atoms with van der Waals surface area (Å²) < 4.78 is 30.2. The highest BCUT2D eigenvalue weighted by atomic mass is 32.1. The first kappa shape index (κ1) is 20.2. The van der Waals surface area contributed by atoms with Gasteiger partial charge in [-0.3, -0.25) is 9.25 Å². The van der Waals surface area contributed by atoms with Crippen molar-refractivity contribution in [1.29, 1.82) is 0 Å². The predicted octanol–water partition coefficient (Wildman–Crippen LogP) is 3.37. The quantitative estimate of drug-likeness (QED) is 0.470. The van der Waals surface area contributed by atoms with Gasteiger partial charge in [0.1, 0.15) is 5.82 Å². The molecule has 0 aliphatic carbocycles. The molecule has 0 saturated carbocycles. The average molecular weight is 430 g/mol. The summed E-state index contributed by atoms with van der Waals surface area (Å²) in [6, 6.07) is 8.15. The van der Waals surface area contributed by atoms with Crippen LogP contribution in [0.4, 0.5) is 8.78 Å². The Morgan fingerprint density at radius 2 is 2.10 bits per heavy atom. The summed E-state index contributed by atoms with van der Waals surface area (Å²) in [5.41, 5.74) is 6.82. The van der Waals surface area contributed by atoms with Gasteiger partial charge in [0.15, 0.2) is 0 Å². The normalized spacial score (nSPS) is 11.3. The van der Waals surface area contributed by atoms with Crippen LogP contribution in [0.2, 0.25) is 0 Å². The molecule has 7 nitrogen and oxygen atoms in total. The minimum Gasteiger partial charge on any atom is -0.327 e. The minimum absolute atomic E-state index is 0.173. The standard InChI is InChI=1S/C20H20F2N6OS/c1-2-27-10-15(9-24-27)12-3-4-13-5-16(30-17(13)6-12)11-28-18(25-26-20(28)29)7-14(8-23)19(21)22/h3-6,9-10H,2,7-8,11,23H2,1H3,(H,26,29). The molecule has 0 bridgehead atoms. The number of H-pyrrole nitrogens is 1. The third kappa shape index (κ3) is 3.96. The Hall–Kier alpha value is -3.11. The predicted molar refractivity (Wildman–Crippen MR) is 113 cm³/mol. The zero-order valence-corrected chi connectivity index (χ0v) is 17.0. The van der Waals surface area contributed by atoms with Gasteiger partial charge in [0.05, 0.1) is 12.7 Å². The molecule has 4 rings (SSSR count). The highest BCUT2D eigenvalue weighted by Gasteiger charge is 2.15. The van der Waals surface area contributed by atoms with Gasteiger partial charge in [-0.1, -0.05) is 12.1 Å². The number of benzene rings is 1. The van der Waals surface area contributed by atoms with Crippen molar-refractivity contribution in [3.8, 4) is 11.1 Å². The van der Waals surface area contributed by atoms with Gasteiger partial charge in [0.2, 0.25) is 0 Å². The van der Waals surface area contributed by atoms with Gasteiger partial charge in [-0.05, 0) is 30.0 Å². The first-order chi connectivity index (χ1) is 14.5. The summed E-state index contributed by atoms with van der Waals surface area (Å²) in [6.45, 7) is 2.80. The molecule has 0 amide bonds. The van der Waals surface area contributed by atoms with Crippen LogP contribution in [0.15, 0.2) is 53.1 Å². The first-order valence-electron chi connectivity index (χ1n) is 9.41. The number of aryl methyl sites for hydroxylation is 1. The van der Waals surface area contributed by atoms with E-state index in [0.29, 0.717) is 0 Å². The second-order valence-electron chi connectivity index (χ2n) is 6.83. The smallest absolute Gasteiger partial charge is 0.327 e.